The largest absolute Gasteiger partial charge is 0.496 e. The molecule has 2 rings (SSSR count). The number of rotatable bonds is 4. The smallest absolute Gasteiger partial charge is 0.123 e. The molecule has 0 amide bonds. The van der Waals surface area contributed by atoms with Gasteiger partial charge in [-0.2, -0.15) is 5.10 Å². The molecule has 5 heteroatoms. The van der Waals surface area contributed by atoms with Gasteiger partial charge < -0.3 is 10.1 Å². The summed E-state index contributed by atoms with van der Waals surface area (Å²) in [6.07, 6.45) is 3.74. The molecular weight excluding hydrogens is 238 g/mol. The maximum absolute atomic E-state index is 5.28. The van der Waals surface area contributed by atoms with Crippen molar-refractivity contribution in [2.45, 2.75) is 6.54 Å². The van der Waals surface area contributed by atoms with Crippen molar-refractivity contribution in [2.24, 2.45) is 7.05 Å². The molecule has 0 spiro atoms. The number of hydrogen-bond acceptors (Lipinski definition) is 3. The van der Waals surface area contributed by atoms with Crippen LogP contribution in [-0.4, -0.2) is 16.9 Å². The first-order valence-electron chi connectivity index (χ1n) is 5.14. The minimum absolute atomic E-state index is 0. The third kappa shape index (κ3) is 3.39. The van der Waals surface area contributed by atoms with Crippen molar-refractivity contribution in [3.63, 3.8) is 0 Å². The molecule has 0 unspecified atom stereocenters. The van der Waals surface area contributed by atoms with Crippen molar-refractivity contribution in [2.75, 3.05) is 12.4 Å². The summed E-state index contributed by atoms with van der Waals surface area (Å²) in [5, 5.41) is 7.39. The van der Waals surface area contributed by atoms with Crippen molar-refractivity contribution in [1.29, 1.82) is 0 Å². The van der Waals surface area contributed by atoms with E-state index in [1.165, 1.54) is 0 Å². The average molecular weight is 254 g/mol. The molecule has 0 atom stereocenters. The number of nitrogens with one attached hydrogen (secondary N) is 1. The molecule has 0 fully saturated rings. The molecule has 4 nitrogen and oxygen atoms in total. The number of para-hydroxylation sites is 1. The zero-order valence-corrected chi connectivity index (χ0v) is 10.7. The number of anilines is 1. The van der Waals surface area contributed by atoms with E-state index in [9.17, 15) is 0 Å². The lowest BCUT2D eigenvalue weighted by molar-refractivity contribution is 0.410. The van der Waals surface area contributed by atoms with E-state index in [2.05, 4.69) is 10.4 Å². The number of ether oxygens (including phenoxy) is 1. The number of benzene rings is 1. The Morgan fingerprint density at radius 3 is 2.76 bits per heavy atom. The number of aryl methyl sites for hydroxylation is 1. The fourth-order valence-corrected chi connectivity index (χ4v) is 1.56. The van der Waals surface area contributed by atoms with Crippen LogP contribution in [0.25, 0.3) is 0 Å². The van der Waals surface area contributed by atoms with Gasteiger partial charge in [-0.15, -0.1) is 12.4 Å². The third-order valence-corrected chi connectivity index (χ3v) is 2.38. The molecular formula is C12H16ClN3O. The summed E-state index contributed by atoms with van der Waals surface area (Å²) in [5.41, 5.74) is 2.14. The van der Waals surface area contributed by atoms with Crippen molar-refractivity contribution >= 4 is 18.1 Å². The summed E-state index contributed by atoms with van der Waals surface area (Å²) >= 11 is 0. The Bertz CT molecular complexity index is 470. The molecule has 2 aromatic rings. The van der Waals surface area contributed by atoms with Crippen LogP contribution in [0.2, 0.25) is 0 Å². The fourth-order valence-electron chi connectivity index (χ4n) is 1.56. The Labute approximate surface area is 107 Å². The Hall–Kier alpha value is -1.68. The van der Waals surface area contributed by atoms with Gasteiger partial charge in [0.05, 0.1) is 19.0 Å². The van der Waals surface area contributed by atoms with Crippen molar-refractivity contribution in [3.8, 4) is 5.75 Å². The summed E-state index contributed by atoms with van der Waals surface area (Å²) in [6.45, 7) is 0.732. The highest BCUT2D eigenvalue weighted by atomic mass is 35.5. The van der Waals surface area contributed by atoms with E-state index in [0.29, 0.717) is 0 Å². The zero-order valence-electron chi connectivity index (χ0n) is 9.88. The molecule has 1 N–H and O–H groups in total. The second-order valence-corrected chi connectivity index (χ2v) is 3.57. The zero-order chi connectivity index (χ0) is 11.4. The van der Waals surface area contributed by atoms with Gasteiger partial charge in [0.1, 0.15) is 5.75 Å². The van der Waals surface area contributed by atoms with Crippen molar-refractivity contribution in [3.05, 3.63) is 42.2 Å². The first-order valence-corrected chi connectivity index (χ1v) is 5.14. The molecule has 1 aromatic carbocycles. The number of halogens is 1. The van der Waals surface area contributed by atoms with Crippen LogP contribution in [0.4, 0.5) is 5.69 Å². The first kappa shape index (κ1) is 13.4. The molecule has 0 aliphatic heterocycles. The highest BCUT2D eigenvalue weighted by Crippen LogP contribution is 2.18. The van der Waals surface area contributed by atoms with Gasteiger partial charge in [0.2, 0.25) is 0 Å². The van der Waals surface area contributed by atoms with E-state index in [1.54, 1.807) is 18.0 Å². The minimum atomic E-state index is 0. The standard InChI is InChI=1S/C12H15N3O.ClH/c1-15-9-11(8-14-15)13-7-10-5-3-4-6-12(10)16-2;/h3-6,8-9,13H,7H2,1-2H3;1H. The molecule has 17 heavy (non-hydrogen) atoms. The van der Waals surface area contributed by atoms with Crippen LogP contribution in [0.15, 0.2) is 36.7 Å². The second-order valence-electron chi connectivity index (χ2n) is 3.57. The van der Waals surface area contributed by atoms with Gasteiger partial charge in [0, 0.05) is 25.4 Å². The molecule has 0 saturated heterocycles. The van der Waals surface area contributed by atoms with E-state index in [-0.39, 0.29) is 12.4 Å². The lowest BCUT2D eigenvalue weighted by Gasteiger charge is -2.08. The quantitative estimate of drug-likeness (QED) is 0.910. The van der Waals surface area contributed by atoms with Gasteiger partial charge in [-0.1, -0.05) is 18.2 Å². The molecule has 0 saturated carbocycles. The SMILES string of the molecule is COc1ccccc1CNc1cnn(C)c1.Cl. The van der Waals surface area contributed by atoms with Crippen LogP contribution in [0.1, 0.15) is 5.56 Å². The van der Waals surface area contributed by atoms with Crippen LogP contribution in [0, 0.1) is 0 Å². The number of aromatic nitrogens is 2. The molecule has 1 aromatic heterocycles. The Morgan fingerprint density at radius 1 is 1.35 bits per heavy atom. The lowest BCUT2D eigenvalue weighted by atomic mass is 10.2. The Kier molecular flexibility index (Phi) is 4.84. The van der Waals surface area contributed by atoms with Gasteiger partial charge in [0.15, 0.2) is 0 Å². The van der Waals surface area contributed by atoms with Crippen LogP contribution in [0.3, 0.4) is 0 Å². The van der Waals surface area contributed by atoms with E-state index in [0.717, 1.165) is 23.5 Å². The summed E-state index contributed by atoms with van der Waals surface area (Å²) in [7, 11) is 3.58. The molecule has 0 radical (unpaired) electrons. The number of nitrogens with zero attached hydrogens (tertiary/aromatic N) is 2. The van der Waals surface area contributed by atoms with Crippen LogP contribution in [-0.2, 0) is 13.6 Å². The highest BCUT2D eigenvalue weighted by Gasteiger charge is 2.01. The third-order valence-electron chi connectivity index (χ3n) is 2.38. The van der Waals surface area contributed by atoms with Crippen LogP contribution in [0.5, 0.6) is 5.75 Å². The molecule has 0 bridgehead atoms. The van der Waals surface area contributed by atoms with E-state index in [1.807, 2.05) is 37.5 Å². The molecule has 0 aliphatic rings. The summed E-state index contributed by atoms with van der Waals surface area (Å²) in [4.78, 5) is 0. The lowest BCUT2D eigenvalue weighted by Crippen LogP contribution is -2.00. The van der Waals surface area contributed by atoms with Gasteiger partial charge in [-0.05, 0) is 6.07 Å². The maximum atomic E-state index is 5.28. The summed E-state index contributed by atoms with van der Waals surface area (Å²) in [5.74, 6) is 0.902. The predicted octanol–water partition coefficient (Wildman–Crippen LogP) is 2.46. The second kappa shape index (κ2) is 6.15. The van der Waals surface area contributed by atoms with Gasteiger partial charge >= 0.3 is 0 Å². The van der Waals surface area contributed by atoms with Crippen molar-refractivity contribution in [1.82, 2.24) is 9.78 Å². The summed E-state index contributed by atoms with van der Waals surface area (Å²) < 4.78 is 7.05. The Balaban J connectivity index is 0.00000144. The van der Waals surface area contributed by atoms with E-state index in [4.69, 9.17) is 4.74 Å². The molecule has 1 heterocycles. The highest BCUT2D eigenvalue weighted by molar-refractivity contribution is 5.85. The summed E-state index contributed by atoms with van der Waals surface area (Å²) in [6, 6.07) is 7.97. The van der Waals surface area contributed by atoms with Gasteiger partial charge in [-0.3, -0.25) is 4.68 Å². The molecule has 0 aliphatic carbocycles. The van der Waals surface area contributed by atoms with E-state index < -0.39 is 0 Å². The van der Waals surface area contributed by atoms with Crippen LogP contribution >= 0.6 is 12.4 Å². The topological polar surface area (TPSA) is 39.1 Å². The fraction of sp³-hybridized carbons (Fsp3) is 0.250. The van der Waals surface area contributed by atoms with Crippen molar-refractivity contribution < 1.29 is 4.74 Å². The Morgan fingerprint density at radius 2 is 2.12 bits per heavy atom. The average Bonchev–Trinajstić information content (AvgIpc) is 2.73. The first-order chi connectivity index (χ1) is 7.79. The minimum Gasteiger partial charge on any atom is -0.496 e. The van der Waals surface area contributed by atoms with E-state index >= 15 is 0 Å². The predicted molar refractivity (Wildman–Crippen MR) is 70.8 cm³/mol. The number of methoxy groups -OCH3 is 1. The normalized spacial score (nSPS) is 9.53. The van der Waals surface area contributed by atoms with Crippen LogP contribution < -0.4 is 10.1 Å². The van der Waals surface area contributed by atoms with Gasteiger partial charge in [-0.25, -0.2) is 0 Å². The molecule has 92 valence electrons. The maximum Gasteiger partial charge on any atom is 0.123 e. The number of hydrogen-bond donors (Lipinski definition) is 1. The van der Waals surface area contributed by atoms with Gasteiger partial charge in [0.25, 0.3) is 0 Å². The monoisotopic (exact) mass is 253 g/mol.